The van der Waals surface area contributed by atoms with Gasteiger partial charge < -0.3 is 5.73 Å². The Morgan fingerprint density at radius 1 is 1.88 bits per heavy atom. The van der Waals surface area contributed by atoms with Crippen LogP contribution in [-0.4, -0.2) is 6.54 Å². The van der Waals surface area contributed by atoms with E-state index in [2.05, 4.69) is 6.58 Å². The first-order valence-electron chi connectivity index (χ1n) is 2.38. The smallest absolute Gasteiger partial charge is 0.116 e. The third-order valence-electron chi connectivity index (χ3n) is 0.725. The molecular formula is C6H10FN. The molecule has 0 saturated heterocycles. The van der Waals surface area contributed by atoms with Gasteiger partial charge in [-0.15, -0.1) is 0 Å². The summed E-state index contributed by atoms with van der Waals surface area (Å²) in [4.78, 5) is 0. The van der Waals surface area contributed by atoms with E-state index in [1.54, 1.807) is 6.92 Å². The summed E-state index contributed by atoms with van der Waals surface area (Å²) in [6.07, 6.45) is 1.32. The van der Waals surface area contributed by atoms with Gasteiger partial charge in [-0.05, 0) is 13.0 Å². The average Bonchev–Trinajstić information content (AvgIpc) is 1.65. The fraction of sp³-hybridized carbons (Fsp3) is 0.333. The standard InChI is InChI=1S/C6H10FN/c1-5(4-8)3-6(2)7/h3H,2,4,8H2,1H3/b5-3+. The second-order valence-corrected chi connectivity index (χ2v) is 1.64. The summed E-state index contributed by atoms with van der Waals surface area (Å²) in [6, 6.07) is 0. The highest BCUT2D eigenvalue weighted by molar-refractivity contribution is 5.13. The molecule has 46 valence electrons. The van der Waals surface area contributed by atoms with Crippen LogP contribution in [0, 0.1) is 0 Å². The van der Waals surface area contributed by atoms with E-state index in [0.29, 0.717) is 6.54 Å². The zero-order chi connectivity index (χ0) is 6.57. The lowest BCUT2D eigenvalue weighted by atomic mass is 10.3. The molecule has 0 saturated carbocycles. The van der Waals surface area contributed by atoms with Crippen molar-refractivity contribution in [2.24, 2.45) is 5.73 Å². The van der Waals surface area contributed by atoms with Crippen molar-refractivity contribution >= 4 is 0 Å². The van der Waals surface area contributed by atoms with Crippen molar-refractivity contribution in [2.75, 3.05) is 6.54 Å². The van der Waals surface area contributed by atoms with Crippen molar-refractivity contribution in [1.82, 2.24) is 0 Å². The van der Waals surface area contributed by atoms with Crippen LogP contribution in [0.4, 0.5) is 4.39 Å². The Morgan fingerprint density at radius 3 is 2.50 bits per heavy atom. The fourth-order valence-corrected chi connectivity index (χ4v) is 0.326. The van der Waals surface area contributed by atoms with E-state index in [0.717, 1.165) is 5.57 Å². The number of halogens is 1. The first kappa shape index (κ1) is 7.37. The van der Waals surface area contributed by atoms with Crippen molar-refractivity contribution in [3.8, 4) is 0 Å². The zero-order valence-electron chi connectivity index (χ0n) is 4.95. The van der Waals surface area contributed by atoms with Gasteiger partial charge in [-0.3, -0.25) is 0 Å². The summed E-state index contributed by atoms with van der Waals surface area (Å²) in [6.45, 7) is 5.19. The van der Waals surface area contributed by atoms with Crippen molar-refractivity contribution in [2.45, 2.75) is 6.92 Å². The number of hydrogen-bond donors (Lipinski definition) is 1. The number of rotatable bonds is 2. The first-order valence-corrected chi connectivity index (χ1v) is 2.38. The highest BCUT2D eigenvalue weighted by atomic mass is 19.1. The van der Waals surface area contributed by atoms with Crippen LogP contribution in [-0.2, 0) is 0 Å². The largest absolute Gasteiger partial charge is 0.327 e. The molecule has 0 aliphatic heterocycles. The monoisotopic (exact) mass is 115 g/mol. The SMILES string of the molecule is C=C(F)/C=C(\C)CN. The van der Waals surface area contributed by atoms with Crippen molar-refractivity contribution in [1.29, 1.82) is 0 Å². The summed E-state index contributed by atoms with van der Waals surface area (Å²) in [5.41, 5.74) is 5.95. The van der Waals surface area contributed by atoms with Gasteiger partial charge in [-0.1, -0.05) is 12.2 Å². The number of hydrogen-bond acceptors (Lipinski definition) is 1. The van der Waals surface area contributed by atoms with Gasteiger partial charge in [0.2, 0.25) is 0 Å². The van der Waals surface area contributed by atoms with Crippen LogP contribution in [0.2, 0.25) is 0 Å². The minimum absolute atomic E-state index is 0.392. The number of allylic oxidation sites excluding steroid dienone is 2. The molecule has 1 nitrogen and oxygen atoms in total. The van der Waals surface area contributed by atoms with Crippen LogP contribution in [0.25, 0.3) is 0 Å². The minimum Gasteiger partial charge on any atom is -0.327 e. The molecule has 0 spiro atoms. The van der Waals surface area contributed by atoms with Crippen molar-refractivity contribution in [3.63, 3.8) is 0 Å². The van der Waals surface area contributed by atoms with E-state index in [9.17, 15) is 4.39 Å². The Balaban J connectivity index is 3.75. The Labute approximate surface area is 48.7 Å². The molecule has 8 heavy (non-hydrogen) atoms. The van der Waals surface area contributed by atoms with Gasteiger partial charge in [0.1, 0.15) is 5.83 Å². The second-order valence-electron chi connectivity index (χ2n) is 1.64. The van der Waals surface area contributed by atoms with Crippen LogP contribution in [0.3, 0.4) is 0 Å². The molecule has 0 aliphatic carbocycles. The van der Waals surface area contributed by atoms with Crippen molar-refractivity contribution in [3.05, 3.63) is 24.1 Å². The maximum absolute atomic E-state index is 11.8. The van der Waals surface area contributed by atoms with Gasteiger partial charge in [-0.25, -0.2) is 4.39 Å². The highest BCUT2D eigenvalue weighted by Gasteiger charge is 1.83. The van der Waals surface area contributed by atoms with Gasteiger partial charge in [0.25, 0.3) is 0 Å². The van der Waals surface area contributed by atoms with E-state index in [-0.39, 0.29) is 0 Å². The molecule has 0 aromatic heterocycles. The molecule has 0 rings (SSSR count). The first-order chi connectivity index (χ1) is 3.66. The molecule has 0 heterocycles. The van der Waals surface area contributed by atoms with E-state index in [1.165, 1.54) is 6.08 Å². The minimum atomic E-state index is -0.437. The normalized spacial score (nSPS) is 11.6. The van der Waals surface area contributed by atoms with E-state index in [4.69, 9.17) is 5.73 Å². The molecule has 2 N–H and O–H groups in total. The Bertz CT molecular complexity index is 116. The van der Waals surface area contributed by atoms with Gasteiger partial charge >= 0.3 is 0 Å². The van der Waals surface area contributed by atoms with E-state index >= 15 is 0 Å². The van der Waals surface area contributed by atoms with Crippen LogP contribution in [0.5, 0.6) is 0 Å². The third kappa shape index (κ3) is 3.56. The Hall–Kier alpha value is -0.630. The lowest BCUT2D eigenvalue weighted by Crippen LogP contribution is -1.99. The molecular weight excluding hydrogens is 105 g/mol. The lowest BCUT2D eigenvalue weighted by molar-refractivity contribution is 0.669. The van der Waals surface area contributed by atoms with Gasteiger partial charge in [0, 0.05) is 6.54 Å². The third-order valence-corrected chi connectivity index (χ3v) is 0.725. The summed E-state index contributed by atoms with van der Waals surface area (Å²) in [5, 5.41) is 0. The highest BCUT2D eigenvalue weighted by Crippen LogP contribution is 1.97. The molecule has 0 bridgehead atoms. The molecule has 0 amide bonds. The summed E-state index contributed by atoms with van der Waals surface area (Å²) < 4.78 is 11.8. The fourth-order valence-electron chi connectivity index (χ4n) is 0.326. The number of nitrogens with two attached hydrogens (primary N) is 1. The zero-order valence-corrected chi connectivity index (χ0v) is 4.95. The predicted molar refractivity (Wildman–Crippen MR) is 33.1 cm³/mol. The lowest BCUT2D eigenvalue weighted by Gasteiger charge is -1.89. The van der Waals surface area contributed by atoms with E-state index in [1.807, 2.05) is 0 Å². The van der Waals surface area contributed by atoms with Crippen LogP contribution in [0.15, 0.2) is 24.1 Å². The van der Waals surface area contributed by atoms with E-state index < -0.39 is 5.83 Å². The quantitative estimate of drug-likeness (QED) is 0.540. The van der Waals surface area contributed by atoms with Crippen LogP contribution < -0.4 is 5.73 Å². The molecule has 0 fully saturated rings. The molecule has 2 heteroatoms. The topological polar surface area (TPSA) is 26.0 Å². The predicted octanol–water partition coefficient (Wildman–Crippen LogP) is 1.37. The summed E-state index contributed by atoms with van der Waals surface area (Å²) >= 11 is 0. The van der Waals surface area contributed by atoms with Gasteiger partial charge in [0.15, 0.2) is 0 Å². The summed E-state index contributed by atoms with van der Waals surface area (Å²) in [7, 11) is 0. The summed E-state index contributed by atoms with van der Waals surface area (Å²) in [5.74, 6) is -0.437. The maximum Gasteiger partial charge on any atom is 0.116 e. The molecule has 0 atom stereocenters. The average molecular weight is 115 g/mol. The molecule has 0 aromatic rings. The molecule has 0 aromatic carbocycles. The second kappa shape index (κ2) is 3.38. The maximum atomic E-state index is 11.8. The Morgan fingerprint density at radius 2 is 2.38 bits per heavy atom. The van der Waals surface area contributed by atoms with Crippen LogP contribution >= 0.6 is 0 Å². The van der Waals surface area contributed by atoms with Gasteiger partial charge in [-0.2, -0.15) is 0 Å². The molecule has 0 unspecified atom stereocenters. The Kier molecular flexibility index (Phi) is 3.12. The molecule has 0 aliphatic rings. The van der Waals surface area contributed by atoms with Crippen molar-refractivity contribution < 1.29 is 4.39 Å². The van der Waals surface area contributed by atoms with Crippen LogP contribution in [0.1, 0.15) is 6.92 Å². The molecule has 0 radical (unpaired) electrons. The van der Waals surface area contributed by atoms with Gasteiger partial charge in [0.05, 0.1) is 0 Å².